The van der Waals surface area contributed by atoms with Crippen molar-refractivity contribution < 1.29 is 4.79 Å². The lowest BCUT2D eigenvalue weighted by Gasteiger charge is -2.40. The van der Waals surface area contributed by atoms with Gasteiger partial charge in [-0.1, -0.05) is 20.8 Å². The van der Waals surface area contributed by atoms with E-state index in [-0.39, 0.29) is 17.5 Å². The van der Waals surface area contributed by atoms with Crippen molar-refractivity contribution in [1.29, 1.82) is 0 Å². The fourth-order valence-electron chi connectivity index (χ4n) is 5.60. The summed E-state index contributed by atoms with van der Waals surface area (Å²) >= 11 is 0. The first kappa shape index (κ1) is 15.9. The van der Waals surface area contributed by atoms with E-state index in [4.69, 9.17) is 0 Å². The van der Waals surface area contributed by atoms with Crippen molar-refractivity contribution in [3.8, 4) is 0 Å². The second-order valence-corrected chi connectivity index (χ2v) is 8.74. The highest BCUT2D eigenvalue weighted by atomic mass is 16.2. The van der Waals surface area contributed by atoms with Crippen LogP contribution in [-0.2, 0) is 0 Å². The van der Waals surface area contributed by atoms with Crippen molar-refractivity contribution >= 4 is 6.03 Å². The van der Waals surface area contributed by atoms with Crippen LogP contribution in [-0.4, -0.2) is 28.5 Å². The zero-order valence-electron chi connectivity index (χ0n) is 15.1. The van der Waals surface area contributed by atoms with E-state index >= 15 is 0 Å². The van der Waals surface area contributed by atoms with Crippen LogP contribution in [0.1, 0.15) is 64.5 Å². The van der Waals surface area contributed by atoms with E-state index < -0.39 is 0 Å². The molecule has 4 unspecified atom stereocenters. The zero-order valence-corrected chi connectivity index (χ0v) is 15.1. The predicted molar refractivity (Wildman–Crippen MR) is 94.5 cm³/mol. The number of rotatable bonds is 2. The normalized spacial score (nSPS) is 37.0. The Labute approximate surface area is 145 Å². The Morgan fingerprint density at radius 3 is 2.62 bits per heavy atom. The summed E-state index contributed by atoms with van der Waals surface area (Å²) in [5.41, 5.74) is 1.77. The molecule has 2 heterocycles. The number of carbonyl (C=O) groups excluding carboxylic acids is 1. The van der Waals surface area contributed by atoms with Gasteiger partial charge in [-0.15, -0.1) is 0 Å². The Balaban J connectivity index is 1.49. The molecule has 1 aliphatic heterocycles. The number of aromatic nitrogens is 1. The topological polar surface area (TPSA) is 45.2 Å². The number of nitrogens with one attached hydrogen (secondary N) is 1. The third kappa shape index (κ3) is 2.18. The van der Waals surface area contributed by atoms with Crippen molar-refractivity contribution in [2.45, 2.75) is 65.0 Å². The van der Waals surface area contributed by atoms with Crippen LogP contribution < -0.4 is 5.32 Å². The summed E-state index contributed by atoms with van der Waals surface area (Å²) in [5.74, 6) is 0.752. The minimum atomic E-state index is 0.129. The number of urea groups is 1. The van der Waals surface area contributed by atoms with Gasteiger partial charge in [0.25, 0.3) is 0 Å². The first-order chi connectivity index (χ1) is 11.4. The molecule has 3 fully saturated rings. The lowest BCUT2D eigenvalue weighted by Crippen LogP contribution is -2.51. The SMILES string of the molecule is CC1(C)C2CCC1(C)C(NC(=O)N1CCCC1c1ccncc1)C2. The third-order valence-corrected chi connectivity index (χ3v) is 7.70. The molecule has 1 aromatic heterocycles. The maximum Gasteiger partial charge on any atom is 0.318 e. The molecule has 1 N–H and O–H groups in total. The fourth-order valence-corrected chi connectivity index (χ4v) is 5.60. The van der Waals surface area contributed by atoms with Crippen LogP contribution in [0.4, 0.5) is 4.79 Å². The second kappa shape index (κ2) is 5.47. The Morgan fingerprint density at radius 1 is 1.25 bits per heavy atom. The molecule has 1 aromatic rings. The van der Waals surface area contributed by atoms with Gasteiger partial charge in [-0.3, -0.25) is 4.98 Å². The lowest BCUT2D eigenvalue weighted by molar-refractivity contribution is 0.116. The van der Waals surface area contributed by atoms with Gasteiger partial charge in [0.2, 0.25) is 0 Å². The molecular formula is C20H29N3O. The molecule has 3 aliphatic rings. The monoisotopic (exact) mass is 327 g/mol. The van der Waals surface area contributed by atoms with Crippen LogP contribution in [0.25, 0.3) is 0 Å². The van der Waals surface area contributed by atoms with Gasteiger partial charge in [-0.2, -0.15) is 0 Å². The van der Waals surface area contributed by atoms with Gasteiger partial charge in [0.05, 0.1) is 6.04 Å². The molecule has 130 valence electrons. The van der Waals surface area contributed by atoms with Crippen LogP contribution in [0.5, 0.6) is 0 Å². The summed E-state index contributed by atoms with van der Waals surface area (Å²) in [4.78, 5) is 19.2. The first-order valence-electron chi connectivity index (χ1n) is 9.40. The van der Waals surface area contributed by atoms with E-state index in [0.717, 1.165) is 31.7 Å². The van der Waals surface area contributed by atoms with Gasteiger partial charge in [0.15, 0.2) is 0 Å². The molecule has 2 bridgehead atoms. The van der Waals surface area contributed by atoms with Gasteiger partial charge in [0.1, 0.15) is 0 Å². The van der Waals surface area contributed by atoms with Gasteiger partial charge in [0, 0.05) is 25.0 Å². The molecule has 4 atom stereocenters. The minimum Gasteiger partial charge on any atom is -0.335 e. The van der Waals surface area contributed by atoms with Crippen LogP contribution >= 0.6 is 0 Å². The zero-order chi connectivity index (χ0) is 16.9. The van der Waals surface area contributed by atoms with Crippen LogP contribution in [0.2, 0.25) is 0 Å². The molecular weight excluding hydrogens is 298 g/mol. The molecule has 4 rings (SSSR count). The summed E-state index contributed by atoms with van der Waals surface area (Å²) in [6.45, 7) is 8.03. The Hall–Kier alpha value is -1.58. The van der Waals surface area contributed by atoms with Crippen molar-refractivity contribution in [1.82, 2.24) is 15.2 Å². The largest absolute Gasteiger partial charge is 0.335 e. The summed E-state index contributed by atoms with van der Waals surface area (Å²) in [5, 5.41) is 3.42. The van der Waals surface area contributed by atoms with Gasteiger partial charge >= 0.3 is 6.03 Å². The van der Waals surface area contributed by atoms with Crippen molar-refractivity contribution in [3.05, 3.63) is 30.1 Å². The quantitative estimate of drug-likeness (QED) is 0.887. The van der Waals surface area contributed by atoms with E-state index in [9.17, 15) is 4.79 Å². The van der Waals surface area contributed by atoms with Crippen molar-refractivity contribution in [3.63, 3.8) is 0 Å². The highest BCUT2D eigenvalue weighted by Crippen LogP contribution is 2.65. The second-order valence-electron chi connectivity index (χ2n) is 8.74. The van der Waals surface area contributed by atoms with Gasteiger partial charge in [-0.25, -0.2) is 4.79 Å². The lowest BCUT2D eigenvalue weighted by atomic mass is 9.69. The van der Waals surface area contributed by atoms with Gasteiger partial charge < -0.3 is 10.2 Å². The standard InChI is InChI=1S/C20H29N3O/c1-19(2)15-6-9-20(19,3)17(13-15)22-18(24)23-12-4-5-16(23)14-7-10-21-11-8-14/h7-8,10-11,15-17H,4-6,9,12-13H2,1-3H3,(H,22,24). The molecule has 2 amide bonds. The minimum absolute atomic E-state index is 0.129. The number of fused-ring (bicyclic) bond motifs is 2. The predicted octanol–water partition coefficient (Wildman–Crippen LogP) is 4.14. The Morgan fingerprint density at radius 2 is 2.00 bits per heavy atom. The molecule has 2 aliphatic carbocycles. The Bertz CT molecular complexity index is 629. The third-order valence-electron chi connectivity index (χ3n) is 7.70. The molecule has 4 heteroatoms. The summed E-state index contributed by atoms with van der Waals surface area (Å²) in [6.07, 6.45) is 9.47. The maximum atomic E-state index is 13.0. The molecule has 0 spiro atoms. The molecule has 1 saturated heterocycles. The van der Waals surface area contributed by atoms with Crippen LogP contribution in [0.3, 0.4) is 0 Å². The van der Waals surface area contributed by atoms with Crippen LogP contribution in [0.15, 0.2) is 24.5 Å². The maximum absolute atomic E-state index is 13.0. The molecule has 0 aromatic carbocycles. The summed E-state index contributed by atoms with van der Waals surface area (Å²) in [6, 6.07) is 4.73. The van der Waals surface area contributed by atoms with E-state index in [0.29, 0.717) is 11.5 Å². The Kier molecular flexibility index (Phi) is 3.63. The highest BCUT2D eigenvalue weighted by Gasteiger charge is 2.61. The molecule has 0 radical (unpaired) electrons. The number of likely N-dealkylation sites (tertiary alicyclic amines) is 1. The number of hydrogen-bond acceptors (Lipinski definition) is 2. The molecule has 2 saturated carbocycles. The average molecular weight is 327 g/mol. The van der Waals surface area contributed by atoms with Crippen molar-refractivity contribution in [2.24, 2.45) is 16.7 Å². The van der Waals surface area contributed by atoms with Crippen LogP contribution in [0, 0.1) is 16.7 Å². The van der Waals surface area contributed by atoms with E-state index in [2.05, 4.69) is 31.1 Å². The first-order valence-corrected chi connectivity index (χ1v) is 9.40. The summed E-state index contributed by atoms with van der Waals surface area (Å²) in [7, 11) is 0. The van der Waals surface area contributed by atoms with E-state index in [1.54, 1.807) is 0 Å². The number of carbonyl (C=O) groups is 1. The van der Waals surface area contributed by atoms with Gasteiger partial charge in [-0.05, 0) is 66.5 Å². The average Bonchev–Trinajstić information content (AvgIpc) is 3.19. The summed E-state index contributed by atoms with van der Waals surface area (Å²) < 4.78 is 0. The van der Waals surface area contributed by atoms with E-state index in [1.165, 1.54) is 18.4 Å². The number of pyridine rings is 1. The molecule has 4 nitrogen and oxygen atoms in total. The fraction of sp³-hybridized carbons (Fsp3) is 0.700. The number of nitrogens with zero attached hydrogens (tertiary/aromatic N) is 2. The molecule has 24 heavy (non-hydrogen) atoms. The van der Waals surface area contributed by atoms with E-state index in [1.807, 2.05) is 29.4 Å². The number of amides is 2. The number of hydrogen-bond donors (Lipinski definition) is 1. The van der Waals surface area contributed by atoms with Crippen molar-refractivity contribution in [2.75, 3.05) is 6.54 Å². The smallest absolute Gasteiger partial charge is 0.318 e. The highest BCUT2D eigenvalue weighted by molar-refractivity contribution is 5.75.